The number of hydrogen-bond acceptors (Lipinski definition) is 5. The topological polar surface area (TPSA) is 84.7 Å². The quantitative estimate of drug-likeness (QED) is 0.534. The Morgan fingerprint density at radius 1 is 1.29 bits per heavy atom. The van der Waals surface area contributed by atoms with Crippen molar-refractivity contribution in [1.29, 1.82) is 0 Å². The molecule has 0 spiro atoms. The average molecular weight is 323 g/mol. The lowest BCUT2D eigenvalue weighted by Crippen LogP contribution is -2.29. The fraction of sp³-hybridized carbons (Fsp3) is 0.500. The highest BCUT2D eigenvalue weighted by Gasteiger charge is 2.22. The van der Waals surface area contributed by atoms with E-state index in [1.54, 1.807) is 0 Å². The first kappa shape index (κ1) is 17.8. The highest BCUT2D eigenvalue weighted by Crippen LogP contribution is 2.22. The molecule has 0 aliphatic heterocycles. The summed E-state index contributed by atoms with van der Waals surface area (Å²) in [4.78, 5) is 1.23. The maximum Gasteiger partial charge on any atom is 0.243 e. The van der Waals surface area contributed by atoms with Gasteiger partial charge in [0.1, 0.15) is 16.4 Å². The van der Waals surface area contributed by atoms with E-state index in [4.69, 9.17) is 10.5 Å². The van der Waals surface area contributed by atoms with E-state index in [-0.39, 0.29) is 13.2 Å². The van der Waals surface area contributed by atoms with Gasteiger partial charge in [0.05, 0.1) is 13.2 Å². The number of nitrogen functional groups attached to an aromatic ring is 1. The Labute approximate surface area is 122 Å². The number of sulfonamides is 1. The van der Waals surface area contributed by atoms with Gasteiger partial charge in [-0.3, -0.25) is 0 Å². The summed E-state index contributed by atoms with van der Waals surface area (Å²) in [5.41, 5.74) is 4.31. The number of benzene rings is 1. The SMILES string of the molecule is CN(C)CCOCCNS(=O)(=O)c1ccc(F)c(N)c1F. The van der Waals surface area contributed by atoms with E-state index in [0.717, 1.165) is 12.1 Å². The number of halogens is 2. The Kier molecular flexibility index (Phi) is 6.46. The van der Waals surface area contributed by atoms with Crippen molar-refractivity contribution in [2.24, 2.45) is 0 Å². The molecule has 3 N–H and O–H groups in total. The van der Waals surface area contributed by atoms with Gasteiger partial charge in [-0.2, -0.15) is 0 Å². The zero-order valence-electron chi connectivity index (χ0n) is 11.9. The predicted octanol–water partition coefficient (Wildman–Crippen LogP) is 0.403. The summed E-state index contributed by atoms with van der Waals surface area (Å²) >= 11 is 0. The second-order valence-corrected chi connectivity index (χ2v) is 6.32. The molecule has 0 bridgehead atoms. The van der Waals surface area contributed by atoms with Gasteiger partial charge in [-0.05, 0) is 26.2 Å². The van der Waals surface area contributed by atoms with E-state index >= 15 is 0 Å². The lowest BCUT2D eigenvalue weighted by Gasteiger charge is -2.11. The molecule has 0 saturated carbocycles. The summed E-state index contributed by atoms with van der Waals surface area (Å²) in [7, 11) is -0.330. The number of nitrogens with one attached hydrogen (secondary N) is 1. The number of nitrogens with zero attached hydrogens (tertiary/aromatic N) is 1. The summed E-state index contributed by atoms with van der Waals surface area (Å²) in [6.07, 6.45) is 0. The van der Waals surface area contributed by atoms with Crippen LogP contribution in [0.1, 0.15) is 0 Å². The van der Waals surface area contributed by atoms with Crippen molar-refractivity contribution in [1.82, 2.24) is 9.62 Å². The van der Waals surface area contributed by atoms with Crippen molar-refractivity contribution in [3.8, 4) is 0 Å². The largest absolute Gasteiger partial charge is 0.394 e. The first-order valence-corrected chi connectivity index (χ1v) is 7.69. The fourth-order valence-corrected chi connectivity index (χ4v) is 2.53. The maximum atomic E-state index is 13.7. The molecular formula is C12H19F2N3O3S. The predicted molar refractivity (Wildman–Crippen MR) is 75.3 cm³/mol. The van der Waals surface area contributed by atoms with Crippen LogP contribution in [0.5, 0.6) is 0 Å². The van der Waals surface area contributed by atoms with E-state index < -0.39 is 32.2 Å². The molecule has 0 unspecified atom stereocenters. The molecule has 0 aliphatic carbocycles. The van der Waals surface area contributed by atoms with Crippen molar-refractivity contribution in [2.75, 3.05) is 46.1 Å². The molecule has 0 atom stereocenters. The molecule has 1 aromatic rings. The van der Waals surface area contributed by atoms with Crippen LogP contribution in [-0.2, 0) is 14.8 Å². The minimum atomic E-state index is -4.10. The number of rotatable bonds is 8. The number of anilines is 1. The van der Waals surface area contributed by atoms with Crippen LogP contribution in [-0.4, -0.2) is 53.7 Å². The molecule has 0 heterocycles. The highest BCUT2D eigenvalue weighted by molar-refractivity contribution is 7.89. The van der Waals surface area contributed by atoms with Crippen molar-refractivity contribution in [3.63, 3.8) is 0 Å². The van der Waals surface area contributed by atoms with Crippen LogP contribution in [0.4, 0.5) is 14.5 Å². The lowest BCUT2D eigenvalue weighted by molar-refractivity contribution is 0.122. The normalized spacial score (nSPS) is 12.0. The lowest BCUT2D eigenvalue weighted by atomic mass is 10.3. The van der Waals surface area contributed by atoms with Gasteiger partial charge in [-0.15, -0.1) is 0 Å². The molecule has 1 aromatic carbocycles. The minimum absolute atomic E-state index is 0.0213. The average Bonchev–Trinajstić information content (AvgIpc) is 2.39. The van der Waals surface area contributed by atoms with Gasteiger partial charge in [0.25, 0.3) is 0 Å². The zero-order chi connectivity index (χ0) is 16.0. The van der Waals surface area contributed by atoms with Crippen LogP contribution < -0.4 is 10.5 Å². The molecule has 0 amide bonds. The Balaban J connectivity index is 2.57. The standard InChI is InChI=1S/C12H19F2N3O3S/c1-17(2)6-8-20-7-5-16-21(18,19)10-4-3-9(13)12(15)11(10)14/h3-4,16H,5-8,15H2,1-2H3. The second kappa shape index (κ2) is 7.64. The van der Waals surface area contributed by atoms with Crippen LogP contribution in [0.2, 0.25) is 0 Å². The van der Waals surface area contributed by atoms with Gasteiger partial charge < -0.3 is 15.4 Å². The Bertz CT molecular complexity index is 579. The van der Waals surface area contributed by atoms with Crippen LogP contribution in [0.25, 0.3) is 0 Å². The summed E-state index contributed by atoms with van der Waals surface area (Å²) < 4.78 is 57.8. The zero-order valence-corrected chi connectivity index (χ0v) is 12.7. The van der Waals surface area contributed by atoms with Gasteiger partial charge in [0.2, 0.25) is 10.0 Å². The van der Waals surface area contributed by atoms with E-state index in [0.29, 0.717) is 13.2 Å². The third-order valence-corrected chi connectivity index (χ3v) is 4.08. The Morgan fingerprint density at radius 2 is 1.95 bits per heavy atom. The van der Waals surface area contributed by atoms with Crippen LogP contribution in [0, 0.1) is 11.6 Å². The van der Waals surface area contributed by atoms with Gasteiger partial charge in [0, 0.05) is 13.1 Å². The van der Waals surface area contributed by atoms with Crippen molar-refractivity contribution >= 4 is 15.7 Å². The summed E-state index contributed by atoms with van der Waals surface area (Å²) in [5, 5.41) is 0. The van der Waals surface area contributed by atoms with E-state index in [9.17, 15) is 17.2 Å². The number of likely N-dealkylation sites (N-methyl/N-ethyl adjacent to an activating group) is 1. The smallest absolute Gasteiger partial charge is 0.243 e. The van der Waals surface area contributed by atoms with Gasteiger partial charge in [-0.1, -0.05) is 0 Å². The molecule has 0 saturated heterocycles. The number of ether oxygens (including phenoxy) is 1. The Hall–Kier alpha value is -1.29. The van der Waals surface area contributed by atoms with Crippen LogP contribution in [0.3, 0.4) is 0 Å². The third kappa shape index (κ3) is 5.20. The molecule has 0 radical (unpaired) electrons. The van der Waals surface area contributed by atoms with Crippen molar-refractivity contribution in [2.45, 2.75) is 4.90 Å². The molecule has 120 valence electrons. The Morgan fingerprint density at radius 3 is 2.57 bits per heavy atom. The van der Waals surface area contributed by atoms with Crippen LogP contribution >= 0.6 is 0 Å². The first-order chi connectivity index (χ1) is 9.75. The second-order valence-electron chi connectivity index (χ2n) is 4.59. The summed E-state index contributed by atoms with van der Waals surface area (Å²) in [6, 6.07) is 1.64. The molecule has 1 rings (SSSR count). The fourth-order valence-electron chi connectivity index (χ4n) is 1.43. The van der Waals surface area contributed by atoms with Gasteiger partial charge in [-0.25, -0.2) is 21.9 Å². The third-order valence-electron chi connectivity index (χ3n) is 2.60. The molecule has 6 nitrogen and oxygen atoms in total. The van der Waals surface area contributed by atoms with E-state index in [1.807, 2.05) is 19.0 Å². The van der Waals surface area contributed by atoms with Gasteiger partial charge in [0.15, 0.2) is 5.82 Å². The van der Waals surface area contributed by atoms with Gasteiger partial charge >= 0.3 is 0 Å². The molecule has 9 heteroatoms. The molecule has 21 heavy (non-hydrogen) atoms. The van der Waals surface area contributed by atoms with Crippen molar-refractivity contribution in [3.05, 3.63) is 23.8 Å². The molecular weight excluding hydrogens is 304 g/mol. The van der Waals surface area contributed by atoms with Crippen LogP contribution in [0.15, 0.2) is 17.0 Å². The highest BCUT2D eigenvalue weighted by atomic mass is 32.2. The monoisotopic (exact) mass is 323 g/mol. The summed E-state index contributed by atoms with van der Waals surface area (Å²) in [5.74, 6) is -2.30. The maximum absolute atomic E-state index is 13.7. The number of hydrogen-bond donors (Lipinski definition) is 2. The van der Waals surface area contributed by atoms with E-state index in [2.05, 4.69) is 4.72 Å². The van der Waals surface area contributed by atoms with Crippen molar-refractivity contribution < 1.29 is 21.9 Å². The summed E-state index contributed by atoms with van der Waals surface area (Å²) in [6.45, 7) is 1.28. The molecule has 0 aromatic heterocycles. The molecule has 0 aliphatic rings. The molecule has 0 fully saturated rings. The van der Waals surface area contributed by atoms with E-state index in [1.165, 1.54) is 0 Å². The minimum Gasteiger partial charge on any atom is -0.394 e. The number of nitrogens with two attached hydrogens (primary N) is 1. The first-order valence-electron chi connectivity index (χ1n) is 6.21.